The highest BCUT2D eigenvalue weighted by Crippen LogP contribution is 2.10. The topological polar surface area (TPSA) is 55.8 Å². The molecule has 0 amide bonds. The first kappa shape index (κ1) is 36.9. The Hall–Kier alpha value is -1.10. The molecule has 0 heterocycles. The monoisotopic (exact) mass is 539 g/mol. The van der Waals surface area contributed by atoms with Gasteiger partial charge in [-0.2, -0.15) is 0 Å². The van der Waals surface area contributed by atoms with Crippen LogP contribution >= 0.6 is 0 Å². The maximum Gasteiger partial charge on any atom is 0.305 e. The molecule has 0 aromatic carbocycles. The molecule has 0 aromatic heterocycles. The zero-order chi connectivity index (χ0) is 27.9. The maximum absolute atomic E-state index is 11.9. The summed E-state index contributed by atoms with van der Waals surface area (Å²) in [5.74, 6) is -0.0512. The van der Waals surface area contributed by atoms with Crippen LogP contribution in [0.15, 0.2) is 0 Å². The molecule has 0 fully saturated rings. The highest BCUT2D eigenvalue weighted by Gasteiger charge is 2.07. The highest BCUT2D eigenvalue weighted by atomic mass is 16.5. The van der Waals surface area contributed by atoms with Gasteiger partial charge in [0.05, 0.1) is 13.2 Å². The molecule has 226 valence electrons. The number of carbonyl (C=O) groups is 2. The molecular formula is C33H65NO4. The number of ether oxygens (including phenoxy) is 2. The first-order chi connectivity index (χ1) is 18.6. The number of rotatable bonds is 30. The van der Waals surface area contributed by atoms with Gasteiger partial charge < -0.3 is 14.4 Å². The fraction of sp³-hybridized carbons (Fsp3) is 0.939. The third kappa shape index (κ3) is 27.9. The Morgan fingerprint density at radius 3 is 1.18 bits per heavy atom. The third-order valence-corrected chi connectivity index (χ3v) is 7.27. The van der Waals surface area contributed by atoms with Crippen molar-refractivity contribution in [3.8, 4) is 0 Å². The van der Waals surface area contributed by atoms with Crippen molar-refractivity contribution in [3.63, 3.8) is 0 Å². The number of hydrogen-bond donors (Lipinski definition) is 0. The Morgan fingerprint density at radius 2 is 0.789 bits per heavy atom. The second-order valence-corrected chi connectivity index (χ2v) is 11.1. The predicted molar refractivity (Wildman–Crippen MR) is 162 cm³/mol. The van der Waals surface area contributed by atoms with Crippen molar-refractivity contribution >= 4 is 11.9 Å². The molecular weight excluding hydrogens is 474 g/mol. The average molecular weight is 540 g/mol. The Bertz CT molecular complexity index is 469. The van der Waals surface area contributed by atoms with Gasteiger partial charge in [0.25, 0.3) is 0 Å². The molecule has 0 rings (SSSR count). The summed E-state index contributed by atoms with van der Waals surface area (Å²) in [7, 11) is 0. The molecule has 0 saturated heterocycles. The lowest BCUT2D eigenvalue weighted by Gasteiger charge is -2.21. The van der Waals surface area contributed by atoms with E-state index in [4.69, 9.17) is 9.47 Å². The summed E-state index contributed by atoms with van der Waals surface area (Å²) in [5, 5.41) is 0. The van der Waals surface area contributed by atoms with Crippen LogP contribution in [0, 0.1) is 0 Å². The third-order valence-electron chi connectivity index (χ3n) is 7.27. The summed E-state index contributed by atoms with van der Waals surface area (Å²) >= 11 is 0. The minimum Gasteiger partial charge on any atom is -0.466 e. The molecule has 0 radical (unpaired) electrons. The van der Waals surface area contributed by atoms with Crippen molar-refractivity contribution in [1.29, 1.82) is 0 Å². The molecule has 0 aliphatic heterocycles. The Balaban J connectivity index is 3.61. The zero-order valence-corrected chi connectivity index (χ0v) is 25.9. The molecule has 0 bridgehead atoms. The lowest BCUT2D eigenvalue weighted by atomic mass is 10.1. The number of hydrogen-bond acceptors (Lipinski definition) is 5. The second kappa shape index (κ2) is 30.4. The fourth-order valence-corrected chi connectivity index (χ4v) is 4.85. The van der Waals surface area contributed by atoms with Crippen LogP contribution in [0.2, 0.25) is 0 Å². The Morgan fingerprint density at radius 1 is 0.421 bits per heavy atom. The normalized spacial score (nSPS) is 11.3. The van der Waals surface area contributed by atoms with Gasteiger partial charge in [0.2, 0.25) is 0 Å². The molecule has 0 atom stereocenters. The van der Waals surface area contributed by atoms with Crippen LogP contribution < -0.4 is 0 Å². The largest absolute Gasteiger partial charge is 0.466 e. The molecule has 0 spiro atoms. The lowest BCUT2D eigenvalue weighted by Crippen LogP contribution is -2.27. The maximum atomic E-state index is 11.9. The molecule has 0 aromatic rings. The SMILES string of the molecule is CCCCCCCCCOC(=O)CCCCCN(CCC)CCCCCC(=O)OCCCCCCCCC. The van der Waals surface area contributed by atoms with E-state index in [1.165, 1.54) is 77.0 Å². The molecule has 5 heteroatoms. The van der Waals surface area contributed by atoms with Gasteiger partial charge in [0.15, 0.2) is 0 Å². The Kier molecular flexibility index (Phi) is 29.6. The summed E-state index contributed by atoms with van der Waals surface area (Å²) in [6.07, 6.45) is 26.0. The van der Waals surface area contributed by atoms with Gasteiger partial charge >= 0.3 is 11.9 Å². The summed E-state index contributed by atoms with van der Waals surface area (Å²) in [5.41, 5.74) is 0. The van der Waals surface area contributed by atoms with E-state index in [0.717, 1.165) is 77.4 Å². The predicted octanol–water partition coefficient (Wildman–Crippen LogP) is 9.41. The van der Waals surface area contributed by atoms with Crippen LogP contribution in [0.5, 0.6) is 0 Å². The van der Waals surface area contributed by atoms with Crippen molar-refractivity contribution in [1.82, 2.24) is 4.90 Å². The minimum atomic E-state index is -0.0256. The summed E-state index contributed by atoms with van der Waals surface area (Å²) in [4.78, 5) is 26.4. The van der Waals surface area contributed by atoms with Gasteiger partial charge in [-0.05, 0) is 64.6 Å². The van der Waals surface area contributed by atoms with Crippen LogP contribution in [-0.2, 0) is 19.1 Å². The first-order valence-electron chi connectivity index (χ1n) is 16.7. The molecule has 0 aliphatic carbocycles. The fourth-order valence-electron chi connectivity index (χ4n) is 4.85. The number of nitrogens with zero attached hydrogens (tertiary/aromatic N) is 1. The number of esters is 2. The molecule has 0 N–H and O–H groups in total. The number of carbonyl (C=O) groups excluding carboxylic acids is 2. The van der Waals surface area contributed by atoms with Gasteiger partial charge in [0, 0.05) is 12.8 Å². The van der Waals surface area contributed by atoms with E-state index >= 15 is 0 Å². The minimum absolute atomic E-state index is 0.0256. The molecule has 0 aliphatic rings. The molecule has 5 nitrogen and oxygen atoms in total. The van der Waals surface area contributed by atoms with Crippen molar-refractivity contribution < 1.29 is 19.1 Å². The standard InChI is InChI=1S/C33H65NO4/c1-4-7-9-11-13-15-23-30-37-32(35)25-19-17-21-28-34(27-6-3)29-22-18-20-26-33(36)38-31-24-16-14-12-10-8-5-2/h4-31H2,1-3H3. The van der Waals surface area contributed by atoms with E-state index in [9.17, 15) is 9.59 Å². The van der Waals surface area contributed by atoms with Gasteiger partial charge in [-0.3, -0.25) is 9.59 Å². The van der Waals surface area contributed by atoms with Crippen LogP contribution in [0.4, 0.5) is 0 Å². The van der Waals surface area contributed by atoms with Crippen molar-refractivity contribution in [3.05, 3.63) is 0 Å². The zero-order valence-electron chi connectivity index (χ0n) is 25.9. The molecule has 38 heavy (non-hydrogen) atoms. The smallest absolute Gasteiger partial charge is 0.305 e. The quantitative estimate of drug-likeness (QED) is 0.0672. The van der Waals surface area contributed by atoms with E-state index < -0.39 is 0 Å². The van der Waals surface area contributed by atoms with Gasteiger partial charge in [-0.1, -0.05) is 111 Å². The van der Waals surface area contributed by atoms with Crippen LogP contribution in [0.25, 0.3) is 0 Å². The van der Waals surface area contributed by atoms with E-state index in [1.807, 2.05) is 0 Å². The Labute approximate surface area is 237 Å². The van der Waals surface area contributed by atoms with Crippen LogP contribution in [-0.4, -0.2) is 49.7 Å². The van der Waals surface area contributed by atoms with Gasteiger partial charge in [0.1, 0.15) is 0 Å². The van der Waals surface area contributed by atoms with Crippen LogP contribution in [0.1, 0.15) is 168 Å². The van der Waals surface area contributed by atoms with Crippen molar-refractivity contribution in [2.45, 2.75) is 168 Å². The highest BCUT2D eigenvalue weighted by molar-refractivity contribution is 5.69. The van der Waals surface area contributed by atoms with Crippen molar-refractivity contribution in [2.24, 2.45) is 0 Å². The van der Waals surface area contributed by atoms with E-state index in [1.54, 1.807) is 0 Å². The van der Waals surface area contributed by atoms with Gasteiger partial charge in [-0.15, -0.1) is 0 Å². The number of unbranched alkanes of at least 4 members (excludes halogenated alkanes) is 16. The first-order valence-corrected chi connectivity index (χ1v) is 16.7. The molecule has 0 saturated carbocycles. The van der Waals surface area contributed by atoms with E-state index in [0.29, 0.717) is 26.1 Å². The second-order valence-electron chi connectivity index (χ2n) is 11.1. The van der Waals surface area contributed by atoms with Crippen LogP contribution in [0.3, 0.4) is 0 Å². The molecule has 0 unspecified atom stereocenters. The average Bonchev–Trinajstić information content (AvgIpc) is 2.91. The van der Waals surface area contributed by atoms with E-state index in [-0.39, 0.29) is 11.9 Å². The summed E-state index contributed by atoms with van der Waals surface area (Å²) < 4.78 is 10.8. The summed E-state index contributed by atoms with van der Waals surface area (Å²) in [6.45, 7) is 11.2. The lowest BCUT2D eigenvalue weighted by molar-refractivity contribution is -0.144. The summed E-state index contributed by atoms with van der Waals surface area (Å²) in [6, 6.07) is 0. The van der Waals surface area contributed by atoms with Crippen molar-refractivity contribution in [2.75, 3.05) is 32.8 Å². The van der Waals surface area contributed by atoms with E-state index in [2.05, 4.69) is 25.7 Å². The van der Waals surface area contributed by atoms with Gasteiger partial charge in [-0.25, -0.2) is 0 Å².